The lowest BCUT2D eigenvalue weighted by molar-refractivity contribution is -0.152. The first kappa shape index (κ1) is 14.4. The van der Waals surface area contributed by atoms with Gasteiger partial charge in [-0.25, -0.2) is 8.78 Å². The molecule has 18 heavy (non-hydrogen) atoms. The number of rotatable bonds is 3. The van der Waals surface area contributed by atoms with Crippen molar-refractivity contribution in [3.05, 3.63) is 29.3 Å². The molecule has 0 fully saturated rings. The summed E-state index contributed by atoms with van der Waals surface area (Å²) in [5, 5.41) is 9.52. The minimum Gasteiger partial charge on any atom is -0.505 e. The number of carbonyl (C=O) groups is 1. The molecular weight excluding hydrogens is 244 g/mol. The third-order valence-electron chi connectivity index (χ3n) is 2.91. The van der Waals surface area contributed by atoms with E-state index in [1.165, 1.54) is 21.0 Å². The Hall–Kier alpha value is -1.69. The molecule has 0 aromatic heterocycles. The number of nitrogens with two attached hydrogens (primary N) is 1. The van der Waals surface area contributed by atoms with Gasteiger partial charge in [0.05, 0.1) is 24.1 Å². The molecule has 0 radical (unpaired) electrons. The highest BCUT2D eigenvalue weighted by Gasteiger charge is 2.39. The molecule has 100 valence electrons. The normalized spacial score (nSPS) is 13.2. The zero-order valence-corrected chi connectivity index (χ0v) is 10.3. The Balaban J connectivity index is 3.31. The Morgan fingerprint density at radius 3 is 2.39 bits per heavy atom. The second-order valence-electron chi connectivity index (χ2n) is 4.48. The van der Waals surface area contributed by atoms with Crippen molar-refractivity contribution in [3.63, 3.8) is 0 Å². The minimum absolute atomic E-state index is 0.439. The lowest BCUT2D eigenvalue weighted by Crippen LogP contribution is -2.38. The van der Waals surface area contributed by atoms with Crippen LogP contribution < -0.4 is 5.73 Å². The predicted molar refractivity (Wildman–Crippen MR) is 60.7 cm³/mol. The van der Waals surface area contributed by atoms with Gasteiger partial charge in [0, 0.05) is 0 Å². The number of hydrogen-bond acceptors (Lipinski definition) is 4. The highest BCUT2D eigenvalue weighted by molar-refractivity contribution is 5.77. The van der Waals surface area contributed by atoms with Gasteiger partial charge < -0.3 is 15.6 Å². The molecule has 0 aliphatic carbocycles. The Bertz CT molecular complexity index is 475. The molecule has 4 nitrogen and oxygen atoms in total. The summed E-state index contributed by atoms with van der Waals surface area (Å²) in [4.78, 5) is 11.6. The average Bonchev–Trinajstić information content (AvgIpc) is 2.33. The van der Waals surface area contributed by atoms with E-state index >= 15 is 0 Å². The maximum absolute atomic E-state index is 13.6. The molecule has 0 unspecified atom stereocenters. The van der Waals surface area contributed by atoms with Crippen molar-refractivity contribution in [1.82, 2.24) is 0 Å². The van der Waals surface area contributed by atoms with Gasteiger partial charge in [0.2, 0.25) is 0 Å². The van der Waals surface area contributed by atoms with Crippen molar-refractivity contribution in [2.45, 2.75) is 19.9 Å². The topological polar surface area (TPSA) is 72.5 Å². The third-order valence-corrected chi connectivity index (χ3v) is 2.91. The fraction of sp³-hybridized carbons (Fsp3) is 0.417. The summed E-state index contributed by atoms with van der Waals surface area (Å²) in [5.74, 6) is -3.45. The Labute approximate surface area is 103 Å². The summed E-state index contributed by atoms with van der Waals surface area (Å²) in [6.45, 7) is 2.85. The quantitative estimate of drug-likeness (QED) is 0.813. The smallest absolute Gasteiger partial charge is 0.313 e. The summed E-state index contributed by atoms with van der Waals surface area (Å²) >= 11 is 0. The largest absolute Gasteiger partial charge is 0.505 e. The number of aromatic hydroxyl groups is 1. The van der Waals surface area contributed by atoms with Crippen LogP contribution in [0.1, 0.15) is 25.5 Å². The number of ether oxygens (including phenoxy) is 1. The Kier molecular flexibility index (Phi) is 3.91. The molecule has 3 N–H and O–H groups in total. The van der Waals surface area contributed by atoms with Crippen LogP contribution >= 0.6 is 0 Å². The second-order valence-corrected chi connectivity index (χ2v) is 4.48. The highest BCUT2D eigenvalue weighted by atomic mass is 19.1. The van der Waals surface area contributed by atoms with Crippen LogP contribution in [0, 0.1) is 17.0 Å². The van der Waals surface area contributed by atoms with Crippen LogP contribution in [0.15, 0.2) is 12.1 Å². The van der Waals surface area contributed by atoms with Gasteiger partial charge in [-0.05, 0) is 26.0 Å². The molecule has 0 bridgehead atoms. The van der Waals surface area contributed by atoms with E-state index in [1.807, 2.05) is 0 Å². The maximum Gasteiger partial charge on any atom is 0.313 e. The van der Waals surface area contributed by atoms with E-state index in [-0.39, 0.29) is 0 Å². The first-order valence-corrected chi connectivity index (χ1v) is 5.24. The summed E-state index contributed by atoms with van der Waals surface area (Å²) in [6, 6.07) is 0.393. The first-order valence-electron chi connectivity index (χ1n) is 5.24. The summed E-state index contributed by atoms with van der Waals surface area (Å²) < 4.78 is 31.4. The minimum atomic E-state index is -1.30. The van der Waals surface area contributed by atoms with Crippen LogP contribution in [-0.2, 0) is 9.53 Å². The van der Waals surface area contributed by atoms with Crippen LogP contribution in [0.2, 0.25) is 0 Å². The second kappa shape index (κ2) is 4.89. The first-order chi connectivity index (χ1) is 8.23. The average molecular weight is 259 g/mol. The SMILES string of the molecule is COC(=O)C(C)(C)[C@@H](N)c1c(F)ccc(F)c1O. The molecule has 0 spiro atoms. The van der Waals surface area contributed by atoms with Crippen molar-refractivity contribution in [2.75, 3.05) is 7.11 Å². The summed E-state index contributed by atoms with van der Waals surface area (Å²) in [7, 11) is 1.17. The number of phenols is 1. The number of hydrogen-bond donors (Lipinski definition) is 2. The van der Waals surface area contributed by atoms with E-state index in [1.54, 1.807) is 0 Å². The number of methoxy groups -OCH3 is 1. The van der Waals surface area contributed by atoms with Crippen molar-refractivity contribution >= 4 is 5.97 Å². The fourth-order valence-electron chi connectivity index (χ4n) is 1.60. The molecule has 0 saturated heterocycles. The van der Waals surface area contributed by atoms with Crippen molar-refractivity contribution in [1.29, 1.82) is 0 Å². The lowest BCUT2D eigenvalue weighted by Gasteiger charge is -2.29. The van der Waals surface area contributed by atoms with Gasteiger partial charge in [-0.1, -0.05) is 0 Å². The molecule has 1 rings (SSSR count). The van der Waals surface area contributed by atoms with Gasteiger partial charge in [-0.15, -0.1) is 0 Å². The molecule has 1 aromatic rings. The van der Waals surface area contributed by atoms with Gasteiger partial charge in [-0.3, -0.25) is 4.79 Å². The molecule has 0 heterocycles. The Morgan fingerprint density at radius 2 is 1.89 bits per heavy atom. The van der Waals surface area contributed by atoms with Gasteiger partial charge in [0.25, 0.3) is 0 Å². The van der Waals surface area contributed by atoms with E-state index < -0.39 is 40.4 Å². The number of esters is 1. The number of phenolic OH excluding ortho intramolecular Hbond substituents is 1. The zero-order valence-electron chi connectivity index (χ0n) is 10.3. The van der Waals surface area contributed by atoms with Crippen molar-refractivity contribution < 1.29 is 23.4 Å². The van der Waals surface area contributed by atoms with Crippen molar-refractivity contribution in [2.24, 2.45) is 11.1 Å². The molecular formula is C12H15F2NO3. The monoisotopic (exact) mass is 259 g/mol. The molecule has 6 heteroatoms. The number of carbonyl (C=O) groups excluding carboxylic acids is 1. The van der Waals surface area contributed by atoms with Gasteiger partial charge in [0.1, 0.15) is 5.82 Å². The Morgan fingerprint density at radius 1 is 1.39 bits per heavy atom. The van der Waals surface area contributed by atoms with E-state index in [4.69, 9.17) is 5.73 Å². The van der Waals surface area contributed by atoms with Crippen molar-refractivity contribution in [3.8, 4) is 5.75 Å². The molecule has 1 aromatic carbocycles. The van der Waals surface area contributed by atoms with Crippen LogP contribution in [0.25, 0.3) is 0 Å². The standard InChI is InChI=1S/C12H15F2NO3/c1-12(2,11(17)18-3)10(15)8-6(13)4-5-7(14)9(8)16/h4-5,10,16H,15H2,1-3H3/t10-/m0/s1. The molecule has 0 amide bonds. The highest BCUT2D eigenvalue weighted by Crippen LogP contribution is 2.38. The van der Waals surface area contributed by atoms with E-state index in [0.29, 0.717) is 0 Å². The van der Waals surface area contributed by atoms with Gasteiger partial charge >= 0.3 is 5.97 Å². The van der Waals surface area contributed by atoms with Crippen LogP contribution in [-0.4, -0.2) is 18.2 Å². The van der Waals surface area contributed by atoms with Crippen LogP contribution in [0.5, 0.6) is 5.75 Å². The maximum atomic E-state index is 13.6. The van der Waals surface area contributed by atoms with E-state index in [0.717, 1.165) is 12.1 Å². The predicted octanol–water partition coefficient (Wildman–Crippen LogP) is 1.87. The molecule has 0 aliphatic heterocycles. The molecule has 0 aliphatic rings. The summed E-state index contributed by atoms with van der Waals surface area (Å²) in [5.41, 5.74) is 4.01. The lowest BCUT2D eigenvalue weighted by atomic mass is 9.80. The van der Waals surface area contributed by atoms with Crippen LogP contribution in [0.4, 0.5) is 8.78 Å². The summed E-state index contributed by atoms with van der Waals surface area (Å²) in [6.07, 6.45) is 0. The zero-order chi connectivity index (χ0) is 14.1. The van der Waals surface area contributed by atoms with Crippen LogP contribution in [0.3, 0.4) is 0 Å². The van der Waals surface area contributed by atoms with E-state index in [9.17, 15) is 18.7 Å². The van der Waals surface area contributed by atoms with Gasteiger partial charge in [-0.2, -0.15) is 0 Å². The number of benzene rings is 1. The van der Waals surface area contributed by atoms with Gasteiger partial charge in [0.15, 0.2) is 11.6 Å². The fourth-order valence-corrected chi connectivity index (χ4v) is 1.60. The number of halogens is 2. The van der Waals surface area contributed by atoms with E-state index in [2.05, 4.69) is 4.74 Å². The molecule has 0 saturated carbocycles. The molecule has 1 atom stereocenters. The third kappa shape index (κ3) is 2.28.